The van der Waals surface area contributed by atoms with Crippen LogP contribution in [0.3, 0.4) is 0 Å². The Balaban J connectivity index is 2.01. The number of ether oxygens (including phenoxy) is 1. The maximum absolute atomic E-state index is 6.20. The van der Waals surface area contributed by atoms with Crippen LogP contribution in [0.1, 0.15) is 84.0 Å². The van der Waals surface area contributed by atoms with E-state index in [-0.39, 0.29) is 6.04 Å². The molecule has 0 radical (unpaired) electrons. The van der Waals surface area contributed by atoms with Gasteiger partial charge in [0, 0.05) is 12.6 Å². The van der Waals surface area contributed by atoms with Gasteiger partial charge < -0.3 is 10.5 Å². The van der Waals surface area contributed by atoms with Gasteiger partial charge >= 0.3 is 0 Å². The molecule has 2 heteroatoms. The Kier molecular flexibility index (Phi) is 9.59. The van der Waals surface area contributed by atoms with Crippen molar-refractivity contribution in [1.82, 2.24) is 0 Å². The lowest BCUT2D eigenvalue weighted by molar-refractivity contribution is 0.0208. The molecule has 2 nitrogen and oxygen atoms in total. The summed E-state index contributed by atoms with van der Waals surface area (Å²) in [7, 11) is 0. The number of unbranched alkanes of at least 4 members (excludes halogenated alkanes) is 5. The van der Waals surface area contributed by atoms with Gasteiger partial charge in [-0.1, -0.05) is 64.7 Å². The first kappa shape index (κ1) is 16.0. The fraction of sp³-hybridized carbons (Fsp3) is 1.00. The standard InChI is InChI=1S/C16H33NO/c1-2-3-4-5-8-11-14-18-16-13-10-7-6-9-12-15(16)17/h15-16H,2-14,17H2,1H3. The third kappa shape index (κ3) is 7.38. The lowest BCUT2D eigenvalue weighted by Crippen LogP contribution is -2.37. The van der Waals surface area contributed by atoms with Gasteiger partial charge in [0.05, 0.1) is 6.10 Å². The van der Waals surface area contributed by atoms with Crippen molar-refractivity contribution >= 4 is 0 Å². The molecule has 0 aromatic carbocycles. The third-order valence-electron chi connectivity index (χ3n) is 4.08. The van der Waals surface area contributed by atoms with Crippen molar-refractivity contribution in [2.45, 2.75) is 96.1 Å². The van der Waals surface area contributed by atoms with Gasteiger partial charge in [0.1, 0.15) is 0 Å². The lowest BCUT2D eigenvalue weighted by atomic mass is 9.95. The van der Waals surface area contributed by atoms with E-state index in [2.05, 4.69) is 6.92 Å². The Morgan fingerprint density at radius 1 is 0.889 bits per heavy atom. The largest absolute Gasteiger partial charge is 0.377 e. The molecule has 108 valence electrons. The van der Waals surface area contributed by atoms with Crippen LogP contribution >= 0.6 is 0 Å². The Morgan fingerprint density at radius 2 is 1.56 bits per heavy atom. The highest BCUT2D eigenvalue weighted by Gasteiger charge is 2.19. The average molecular weight is 255 g/mol. The van der Waals surface area contributed by atoms with Gasteiger partial charge in [0.25, 0.3) is 0 Å². The van der Waals surface area contributed by atoms with Gasteiger partial charge in [-0.25, -0.2) is 0 Å². The summed E-state index contributed by atoms with van der Waals surface area (Å²) in [6.07, 6.45) is 16.0. The van der Waals surface area contributed by atoms with Crippen molar-refractivity contribution in [3.63, 3.8) is 0 Å². The van der Waals surface area contributed by atoms with E-state index in [1.165, 1.54) is 70.6 Å². The molecule has 0 amide bonds. The van der Waals surface area contributed by atoms with Crippen molar-refractivity contribution in [3.8, 4) is 0 Å². The van der Waals surface area contributed by atoms with Gasteiger partial charge in [-0.2, -0.15) is 0 Å². The van der Waals surface area contributed by atoms with Crippen LogP contribution in [0.25, 0.3) is 0 Å². The van der Waals surface area contributed by atoms with Crippen molar-refractivity contribution in [2.24, 2.45) is 5.73 Å². The highest BCUT2D eigenvalue weighted by Crippen LogP contribution is 2.19. The second kappa shape index (κ2) is 10.8. The molecule has 1 saturated carbocycles. The summed E-state index contributed by atoms with van der Waals surface area (Å²) in [6, 6.07) is 0.283. The fourth-order valence-electron chi connectivity index (χ4n) is 2.80. The van der Waals surface area contributed by atoms with Crippen LogP contribution < -0.4 is 5.73 Å². The fourth-order valence-corrected chi connectivity index (χ4v) is 2.80. The van der Waals surface area contributed by atoms with Crippen LogP contribution in [0.5, 0.6) is 0 Å². The van der Waals surface area contributed by atoms with E-state index in [1.807, 2.05) is 0 Å². The summed E-state index contributed by atoms with van der Waals surface area (Å²) >= 11 is 0. The third-order valence-corrected chi connectivity index (χ3v) is 4.08. The summed E-state index contributed by atoms with van der Waals surface area (Å²) in [4.78, 5) is 0. The summed E-state index contributed by atoms with van der Waals surface area (Å²) in [6.45, 7) is 3.18. The van der Waals surface area contributed by atoms with Crippen molar-refractivity contribution in [2.75, 3.05) is 6.61 Å². The van der Waals surface area contributed by atoms with E-state index in [9.17, 15) is 0 Å². The summed E-state index contributed by atoms with van der Waals surface area (Å²) < 4.78 is 6.01. The predicted octanol–water partition coefficient (Wildman–Crippen LogP) is 4.41. The lowest BCUT2D eigenvalue weighted by Gasteiger charge is -2.26. The van der Waals surface area contributed by atoms with Crippen molar-refractivity contribution in [1.29, 1.82) is 0 Å². The maximum Gasteiger partial charge on any atom is 0.0725 e. The minimum absolute atomic E-state index is 0.283. The smallest absolute Gasteiger partial charge is 0.0725 e. The summed E-state index contributed by atoms with van der Waals surface area (Å²) in [5.74, 6) is 0. The number of hydrogen-bond donors (Lipinski definition) is 1. The number of hydrogen-bond acceptors (Lipinski definition) is 2. The molecule has 0 aliphatic heterocycles. The minimum atomic E-state index is 0.283. The zero-order chi connectivity index (χ0) is 13.1. The molecule has 2 atom stereocenters. The van der Waals surface area contributed by atoms with Gasteiger partial charge in [0.15, 0.2) is 0 Å². The first-order chi connectivity index (χ1) is 8.84. The predicted molar refractivity (Wildman–Crippen MR) is 78.8 cm³/mol. The molecule has 0 aromatic heterocycles. The second-order valence-electron chi connectivity index (χ2n) is 5.83. The molecular formula is C16H33NO. The van der Waals surface area contributed by atoms with Crippen LogP contribution in [0.2, 0.25) is 0 Å². The number of nitrogens with two attached hydrogens (primary N) is 1. The summed E-state index contributed by atoms with van der Waals surface area (Å²) in [5.41, 5.74) is 6.20. The minimum Gasteiger partial charge on any atom is -0.377 e. The first-order valence-electron chi connectivity index (χ1n) is 8.21. The highest BCUT2D eigenvalue weighted by atomic mass is 16.5. The Morgan fingerprint density at radius 3 is 2.33 bits per heavy atom. The molecule has 0 bridgehead atoms. The van der Waals surface area contributed by atoms with Crippen LogP contribution in [0, 0.1) is 0 Å². The zero-order valence-electron chi connectivity index (χ0n) is 12.3. The molecule has 2 unspecified atom stereocenters. The quantitative estimate of drug-likeness (QED) is 0.652. The monoisotopic (exact) mass is 255 g/mol. The molecule has 1 rings (SSSR count). The van der Waals surface area contributed by atoms with Crippen LogP contribution in [-0.4, -0.2) is 18.8 Å². The topological polar surface area (TPSA) is 35.2 Å². The SMILES string of the molecule is CCCCCCCCOC1CCCCCCC1N. The normalized spacial score (nSPS) is 25.7. The van der Waals surface area contributed by atoms with E-state index >= 15 is 0 Å². The molecule has 1 fully saturated rings. The molecule has 18 heavy (non-hydrogen) atoms. The first-order valence-corrected chi connectivity index (χ1v) is 8.21. The van der Waals surface area contributed by atoms with Crippen molar-refractivity contribution in [3.05, 3.63) is 0 Å². The molecule has 0 saturated heterocycles. The second-order valence-corrected chi connectivity index (χ2v) is 5.83. The van der Waals surface area contributed by atoms with Gasteiger partial charge in [-0.3, -0.25) is 0 Å². The van der Waals surface area contributed by atoms with Crippen LogP contribution in [0.15, 0.2) is 0 Å². The van der Waals surface area contributed by atoms with E-state index in [1.54, 1.807) is 0 Å². The van der Waals surface area contributed by atoms with E-state index in [0.717, 1.165) is 13.0 Å². The molecule has 1 aliphatic carbocycles. The van der Waals surface area contributed by atoms with Gasteiger partial charge in [0.2, 0.25) is 0 Å². The maximum atomic E-state index is 6.20. The molecule has 2 N–H and O–H groups in total. The molecule has 0 spiro atoms. The van der Waals surface area contributed by atoms with Crippen LogP contribution in [-0.2, 0) is 4.74 Å². The van der Waals surface area contributed by atoms with Gasteiger partial charge in [-0.05, 0) is 19.3 Å². The highest BCUT2D eigenvalue weighted by molar-refractivity contribution is 4.75. The van der Waals surface area contributed by atoms with Crippen molar-refractivity contribution < 1.29 is 4.74 Å². The van der Waals surface area contributed by atoms with Crippen LogP contribution in [0.4, 0.5) is 0 Å². The molecular weight excluding hydrogens is 222 g/mol. The Hall–Kier alpha value is -0.0800. The van der Waals surface area contributed by atoms with E-state index in [4.69, 9.17) is 10.5 Å². The Labute approximate surface area is 114 Å². The molecule has 0 heterocycles. The number of rotatable bonds is 8. The zero-order valence-corrected chi connectivity index (χ0v) is 12.3. The van der Waals surface area contributed by atoms with E-state index in [0.29, 0.717) is 6.10 Å². The van der Waals surface area contributed by atoms with E-state index < -0.39 is 0 Å². The average Bonchev–Trinajstić information content (AvgIpc) is 2.36. The van der Waals surface area contributed by atoms with Gasteiger partial charge in [-0.15, -0.1) is 0 Å². The Bertz CT molecular complexity index is 184. The molecule has 1 aliphatic rings. The molecule has 0 aromatic rings. The summed E-state index contributed by atoms with van der Waals surface area (Å²) in [5, 5.41) is 0.